The number of nitrogens with one attached hydrogen (secondary N) is 2. The van der Waals surface area contributed by atoms with E-state index in [1.54, 1.807) is 0 Å². The van der Waals surface area contributed by atoms with Gasteiger partial charge in [0.15, 0.2) is 0 Å². The average molecular weight is 545 g/mol. The summed E-state index contributed by atoms with van der Waals surface area (Å²) in [4.78, 5) is 16.8. The molecule has 1 unspecified atom stereocenters. The van der Waals surface area contributed by atoms with Crippen molar-refractivity contribution in [3.05, 3.63) is 65.2 Å². The van der Waals surface area contributed by atoms with Gasteiger partial charge in [-0.15, -0.1) is 0 Å². The van der Waals surface area contributed by atoms with Crippen LogP contribution in [-0.2, 0) is 17.1 Å². The number of hydrogen-bond donors (Lipinski definition) is 3. The lowest BCUT2D eigenvalue weighted by Crippen LogP contribution is -2.46. The molecule has 2 aromatic rings. The zero-order chi connectivity index (χ0) is 27.5. The Morgan fingerprint density at radius 2 is 1.58 bits per heavy atom. The van der Waals surface area contributed by atoms with Crippen molar-refractivity contribution >= 4 is 11.6 Å². The van der Waals surface area contributed by atoms with E-state index in [-0.39, 0.29) is 24.1 Å². The normalized spacial score (nSPS) is 20.5. The highest BCUT2D eigenvalue weighted by molar-refractivity contribution is 5.78. The van der Waals surface area contributed by atoms with Crippen LogP contribution in [0.4, 0.5) is 32.0 Å². The number of likely N-dealkylation sites (tertiary alicyclic amines) is 1. The molecular weight excluding hydrogens is 514 g/mol. The number of aliphatic hydroxyl groups is 1. The zero-order valence-electron chi connectivity index (χ0n) is 20.5. The third kappa shape index (κ3) is 7.17. The Hall–Kier alpha value is -2.83. The van der Waals surface area contributed by atoms with Gasteiger partial charge in [-0.1, -0.05) is 12.1 Å². The number of anilines is 1. The molecular formula is C26H30F6N4O2. The Morgan fingerprint density at radius 1 is 0.921 bits per heavy atom. The molecule has 2 aliphatic heterocycles. The Balaban J connectivity index is 1.19. The molecule has 0 radical (unpaired) electrons. The first-order chi connectivity index (χ1) is 17.9. The van der Waals surface area contributed by atoms with Gasteiger partial charge in [-0.05, 0) is 61.2 Å². The van der Waals surface area contributed by atoms with E-state index in [1.807, 2.05) is 0 Å². The molecule has 0 aromatic heterocycles. The summed E-state index contributed by atoms with van der Waals surface area (Å²) in [5, 5.41) is 15.6. The summed E-state index contributed by atoms with van der Waals surface area (Å²) in [6, 6.07) is 9.73. The van der Waals surface area contributed by atoms with Crippen molar-refractivity contribution in [3.63, 3.8) is 0 Å². The van der Waals surface area contributed by atoms with Gasteiger partial charge in [0.05, 0.1) is 17.7 Å². The van der Waals surface area contributed by atoms with Crippen LogP contribution in [0.25, 0.3) is 0 Å². The number of benzene rings is 2. The van der Waals surface area contributed by atoms with Crippen LogP contribution >= 0.6 is 0 Å². The first-order valence-electron chi connectivity index (χ1n) is 12.4. The van der Waals surface area contributed by atoms with Crippen LogP contribution in [0.15, 0.2) is 48.5 Å². The van der Waals surface area contributed by atoms with E-state index < -0.39 is 29.7 Å². The molecule has 2 aliphatic rings. The second-order valence-electron chi connectivity index (χ2n) is 9.72. The molecule has 1 amide bonds. The van der Waals surface area contributed by atoms with Gasteiger partial charge in [0.25, 0.3) is 0 Å². The molecule has 2 saturated heterocycles. The summed E-state index contributed by atoms with van der Waals surface area (Å²) >= 11 is 0. The van der Waals surface area contributed by atoms with Crippen LogP contribution in [0.2, 0.25) is 0 Å². The zero-order valence-corrected chi connectivity index (χ0v) is 20.5. The third-order valence-corrected chi connectivity index (χ3v) is 7.11. The lowest BCUT2D eigenvalue weighted by Gasteiger charge is -2.38. The number of aliphatic hydroxyl groups excluding tert-OH is 1. The van der Waals surface area contributed by atoms with Crippen LogP contribution in [0, 0.1) is 0 Å². The maximum absolute atomic E-state index is 12.9. The fourth-order valence-electron chi connectivity index (χ4n) is 5.06. The Morgan fingerprint density at radius 3 is 2.21 bits per heavy atom. The van der Waals surface area contributed by atoms with Crippen LogP contribution in [0.1, 0.15) is 42.2 Å². The highest BCUT2D eigenvalue weighted by atomic mass is 19.4. The van der Waals surface area contributed by atoms with Crippen LogP contribution in [0.3, 0.4) is 0 Å². The van der Waals surface area contributed by atoms with Crippen molar-refractivity contribution in [2.45, 2.75) is 49.9 Å². The summed E-state index contributed by atoms with van der Waals surface area (Å²) < 4.78 is 77.0. The minimum atomic E-state index is -4.53. The second-order valence-corrected chi connectivity index (χ2v) is 9.72. The number of carbonyl (C=O) groups is 1. The predicted octanol–water partition coefficient (Wildman–Crippen LogP) is 4.16. The predicted molar refractivity (Wildman–Crippen MR) is 129 cm³/mol. The van der Waals surface area contributed by atoms with Gasteiger partial charge in [0, 0.05) is 44.0 Å². The molecule has 3 N–H and O–H groups in total. The first-order valence-corrected chi connectivity index (χ1v) is 12.4. The summed E-state index contributed by atoms with van der Waals surface area (Å²) in [6.45, 7) is 2.66. The fraction of sp³-hybridized carbons (Fsp3) is 0.500. The van der Waals surface area contributed by atoms with Crippen LogP contribution in [-0.4, -0.2) is 60.7 Å². The molecule has 6 nitrogen and oxygen atoms in total. The van der Waals surface area contributed by atoms with Gasteiger partial charge in [-0.25, -0.2) is 0 Å². The summed E-state index contributed by atoms with van der Waals surface area (Å²) in [6.07, 6.45) is -7.84. The molecule has 2 heterocycles. The molecule has 0 saturated carbocycles. The first kappa shape index (κ1) is 28.2. The molecule has 4 rings (SSSR count). The lowest BCUT2D eigenvalue weighted by molar-refractivity contribution is -0.138. The highest BCUT2D eigenvalue weighted by Gasteiger charge is 2.33. The van der Waals surface area contributed by atoms with E-state index in [4.69, 9.17) is 0 Å². The Bertz CT molecular complexity index is 1080. The maximum Gasteiger partial charge on any atom is 0.416 e. The van der Waals surface area contributed by atoms with Gasteiger partial charge in [-0.2, -0.15) is 26.3 Å². The van der Waals surface area contributed by atoms with Crippen molar-refractivity contribution in [2.24, 2.45) is 0 Å². The molecule has 2 fully saturated rings. The van der Waals surface area contributed by atoms with Crippen molar-refractivity contribution in [2.75, 3.05) is 37.6 Å². The number of halogens is 6. The minimum Gasteiger partial charge on any atom is -0.374 e. The second kappa shape index (κ2) is 11.5. The smallest absolute Gasteiger partial charge is 0.374 e. The van der Waals surface area contributed by atoms with Crippen LogP contribution < -0.4 is 15.5 Å². The number of rotatable bonds is 7. The van der Waals surface area contributed by atoms with Gasteiger partial charge >= 0.3 is 12.4 Å². The van der Waals surface area contributed by atoms with E-state index in [1.165, 1.54) is 24.3 Å². The van der Waals surface area contributed by atoms with Crippen molar-refractivity contribution in [1.29, 1.82) is 0 Å². The Kier molecular flexibility index (Phi) is 8.53. The van der Waals surface area contributed by atoms with Crippen molar-refractivity contribution < 1.29 is 36.2 Å². The third-order valence-electron chi connectivity index (χ3n) is 7.11. The monoisotopic (exact) mass is 544 g/mol. The number of piperidine rings is 1. The molecule has 0 spiro atoms. The number of nitrogens with zero attached hydrogens (tertiary/aromatic N) is 2. The van der Waals surface area contributed by atoms with Gasteiger partial charge < -0.3 is 15.3 Å². The summed E-state index contributed by atoms with van der Waals surface area (Å²) in [5.74, 6) is -0.361. The standard InChI is InChI=1S/C26H30F6N4O2/c27-25(28,29)18-4-6-21(7-5-18)35-12-9-22(10-13-35)36-11-8-20(16-36)34-23(37)15-33-24(38)17-2-1-3-19(14-17)26(30,31)32/h1-7,14,20,22,24,33,38H,8-13,15-16H2,(H,34,37)/t20-,24?/m1/s1. The lowest BCUT2D eigenvalue weighted by atomic mass is 10.0. The molecule has 2 atom stereocenters. The van der Waals surface area contributed by atoms with E-state index in [0.29, 0.717) is 12.6 Å². The average Bonchev–Trinajstić information content (AvgIpc) is 3.35. The Labute approximate surface area is 216 Å². The van der Waals surface area contributed by atoms with Crippen molar-refractivity contribution in [1.82, 2.24) is 15.5 Å². The number of alkyl halides is 6. The number of hydrogen-bond acceptors (Lipinski definition) is 5. The van der Waals surface area contributed by atoms with E-state index in [0.717, 1.165) is 68.8 Å². The van der Waals surface area contributed by atoms with Gasteiger partial charge in [-0.3, -0.25) is 15.0 Å². The fourth-order valence-corrected chi connectivity index (χ4v) is 5.06. The number of carbonyl (C=O) groups excluding carboxylic acids is 1. The summed E-state index contributed by atoms with van der Waals surface area (Å²) in [7, 11) is 0. The topological polar surface area (TPSA) is 67.8 Å². The molecule has 0 bridgehead atoms. The van der Waals surface area contributed by atoms with Crippen LogP contribution in [0.5, 0.6) is 0 Å². The largest absolute Gasteiger partial charge is 0.416 e. The minimum absolute atomic E-state index is 0.0160. The molecule has 208 valence electrons. The molecule has 0 aliphatic carbocycles. The van der Waals surface area contributed by atoms with E-state index in [9.17, 15) is 36.2 Å². The SMILES string of the molecule is O=C(CNC(O)c1cccc(C(F)(F)F)c1)N[C@@H]1CCN(C2CCN(c3ccc(C(F)(F)F)cc3)CC2)C1. The highest BCUT2D eigenvalue weighted by Crippen LogP contribution is 2.32. The maximum atomic E-state index is 12.9. The van der Waals surface area contributed by atoms with E-state index >= 15 is 0 Å². The quantitative estimate of drug-likeness (QED) is 0.361. The molecule has 2 aromatic carbocycles. The van der Waals surface area contributed by atoms with E-state index in [2.05, 4.69) is 20.4 Å². The number of amides is 1. The molecule has 38 heavy (non-hydrogen) atoms. The van der Waals surface area contributed by atoms with Gasteiger partial charge in [0.1, 0.15) is 6.23 Å². The summed E-state index contributed by atoms with van der Waals surface area (Å²) in [5.41, 5.74) is -0.761. The molecule has 12 heteroatoms. The van der Waals surface area contributed by atoms with Gasteiger partial charge in [0.2, 0.25) is 5.91 Å². The van der Waals surface area contributed by atoms with Crippen molar-refractivity contribution in [3.8, 4) is 0 Å².